The zero-order chi connectivity index (χ0) is 13.8. The van der Waals surface area contributed by atoms with Gasteiger partial charge in [0, 0.05) is 17.1 Å². The van der Waals surface area contributed by atoms with Gasteiger partial charge in [0.1, 0.15) is 12.1 Å². The third kappa shape index (κ3) is 3.25. The van der Waals surface area contributed by atoms with Gasteiger partial charge in [0.05, 0.1) is 10.9 Å². The van der Waals surface area contributed by atoms with Gasteiger partial charge in [-0.05, 0) is 6.07 Å². The number of halogens is 2. The fourth-order valence-electron chi connectivity index (χ4n) is 1.83. The highest BCUT2D eigenvalue weighted by Crippen LogP contribution is 2.22. The summed E-state index contributed by atoms with van der Waals surface area (Å²) in [4.78, 5) is 12.1. The second-order valence-corrected chi connectivity index (χ2v) is 5.69. The average Bonchev–Trinajstić information content (AvgIpc) is 2.83. The predicted octanol–water partition coefficient (Wildman–Crippen LogP) is 1.26. The first kappa shape index (κ1) is 14.3. The van der Waals surface area contributed by atoms with E-state index in [4.69, 9.17) is 11.6 Å². The number of hydrogen-bond donors (Lipinski definition) is 3. The largest absolute Gasteiger partial charge is 0.335 e. The van der Waals surface area contributed by atoms with Crippen LogP contribution in [-0.2, 0) is 4.79 Å². The van der Waals surface area contributed by atoms with E-state index in [-0.39, 0.29) is 10.7 Å². The molecule has 2 rings (SSSR count). The van der Waals surface area contributed by atoms with Crippen molar-refractivity contribution in [1.29, 1.82) is 5.26 Å². The van der Waals surface area contributed by atoms with Crippen molar-refractivity contribution in [1.82, 2.24) is 16.2 Å². The molecule has 100 valence electrons. The first-order valence-corrected chi connectivity index (χ1v) is 6.99. The number of nitrogens with zero attached hydrogens (tertiary/aromatic N) is 1. The number of nitrogens with one attached hydrogen (secondary N) is 3. The number of carbonyl (C=O) groups excluding carboxylic acids is 1. The molecular weight excluding hydrogens is 332 g/mol. The van der Waals surface area contributed by atoms with Crippen LogP contribution in [0, 0.1) is 11.3 Å². The van der Waals surface area contributed by atoms with Gasteiger partial charge in [-0.15, -0.1) is 0 Å². The molecule has 3 unspecified atom stereocenters. The Labute approximate surface area is 124 Å². The molecule has 1 aliphatic rings. The third-order valence-electron chi connectivity index (χ3n) is 2.83. The van der Waals surface area contributed by atoms with E-state index in [9.17, 15) is 10.1 Å². The highest BCUT2D eigenvalue weighted by atomic mass is 79.9. The van der Waals surface area contributed by atoms with Gasteiger partial charge in [-0.1, -0.05) is 45.7 Å². The van der Waals surface area contributed by atoms with Crippen LogP contribution in [0.2, 0.25) is 5.02 Å². The molecule has 1 fully saturated rings. The minimum atomic E-state index is -0.761. The van der Waals surface area contributed by atoms with Gasteiger partial charge in [0.15, 0.2) is 0 Å². The Morgan fingerprint density at radius 2 is 2.32 bits per heavy atom. The number of amides is 1. The molecule has 0 aliphatic carbocycles. The fourth-order valence-corrected chi connectivity index (χ4v) is 2.60. The molecule has 19 heavy (non-hydrogen) atoms. The normalized spacial score (nSPS) is 23.6. The van der Waals surface area contributed by atoms with Crippen molar-refractivity contribution in [3.05, 3.63) is 34.9 Å². The summed E-state index contributed by atoms with van der Waals surface area (Å²) in [6.45, 7) is 0.640. The second kappa shape index (κ2) is 6.35. The number of alkyl halides is 1. The van der Waals surface area contributed by atoms with Gasteiger partial charge < -0.3 is 5.32 Å². The summed E-state index contributed by atoms with van der Waals surface area (Å²) in [6, 6.07) is 7.84. The molecule has 3 N–H and O–H groups in total. The zero-order valence-electron chi connectivity index (χ0n) is 9.86. The molecule has 0 saturated carbocycles. The molecule has 5 nitrogen and oxygen atoms in total. The Morgan fingerprint density at radius 3 is 2.89 bits per heavy atom. The maximum absolute atomic E-state index is 12.1. The smallest absolute Gasteiger partial charge is 0.240 e. The number of rotatable bonds is 3. The van der Waals surface area contributed by atoms with Crippen LogP contribution in [0.15, 0.2) is 24.3 Å². The first-order valence-electron chi connectivity index (χ1n) is 5.70. The summed E-state index contributed by atoms with van der Waals surface area (Å²) in [5.41, 5.74) is 6.32. The standard InChI is InChI=1S/C12H12BrClN4O/c13-8-6-16-18-11(8)12(19)17-10(5-15)7-3-1-2-4-9(7)14/h1-4,8,10-11,16,18H,6H2,(H,17,19). The Hall–Kier alpha value is -1.13. The molecule has 0 spiro atoms. The van der Waals surface area contributed by atoms with Crippen molar-refractivity contribution in [3.63, 3.8) is 0 Å². The summed E-state index contributed by atoms with van der Waals surface area (Å²) in [5, 5.41) is 12.3. The van der Waals surface area contributed by atoms with Crippen LogP contribution in [-0.4, -0.2) is 23.3 Å². The van der Waals surface area contributed by atoms with E-state index in [0.717, 1.165) is 0 Å². The lowest BCUT2D eigenvalue weighted by Crippen LogP contribution is -2.46. The second-order valence-electron chi connectivity index (χ2n) is 4.11. The summed E-state index contributed by atoms with van der Waals surface area (Å²) in [6.07, 6.45) is 0. The monoisotopic (exact) mass is 342 g/mol. The number of hydrogen-bond acceptors (Lipinski definition) is 4. The summed E-state index contributed by atoms with van der Waals surface area (Å²) >= 11 is 9.42. The molecule has 1 saturated heterocycles. The fraction of sp³-hybridized carbons (Fsp3) is 0.333. The summed E-state index contributed by atoms with van der Waals surface area (Å²) in [7, 11) is 0. The highest BCUT2D eigenvalue weighted by Gasteiger charge is 2.32. The predicted molar refractivity (Wildman–Crippen MR) is 75.6 cm³/mol. The lowest BCUT2D eigenvalue weighted by molar-refractivity contribution is -0.123. The van der Waals surface area contributed by atoms with Gasteiger partial charge >= 0.3 is 0 Å². The molecule has 1 amide bonds. The van der Waals surface area contributed by atoms with E-state index in [1.54, 1.807) is 24.3 Å². The SMILES string of the molecule is N#CC(NC(=O)C1NNCC1Br)c1ccccc1Cl. The van der Waals surface area contributed by atoms with E-state index < -0.39 is 12.1 Å². The Morgan fingerprint density at radius 1 is 1.58 bits per heavy atom. The van der Waals surface area contributed by atoms with E-state index >= 15 is 0 Å². The van der Waals surface area contributed by atoms with Crippen LogP contribution >= 0.6 is 27.5 Å². The van der Waals surface area contributed by atoms with Crippen molar-refractivity contribution in [3.8, 4) is 6.07 Å². The molecule has 0 radical (unpaired) electrons. The van der Waals surface area contributed by atoms with E-state index in [0.29, 0.717) is 17.1 Å². The van der Waals surface area contributed by atoms with Gasteiger partial charge in [-0.25, -0.2) is 5.43 Å². The Bertz CT molecular complexity index is 519. The topological polar surface area (TPSA) is 77.0 Å². The van der Waals surface area contributed by atoms with Crippen molar-refractivity contribution < 1.29 is 4.79 Å². The third-order valence-corrected chi connectivity index (χ3v) is 4.03. The lowest BCUT2D eigenvalue weighted by Gasteiger charge is -2.17. The number of carbonyl (C=O) groups is 1. The van der Waals surface area contributed by atoms with Gasteiger partial charge in [0.2, 0.25) is 5.91 Å². The Balaban J connectivity index is 2.10. The lowest BCUT2D eigenvalue weighted by atomic mass is 10.1. The van der Waals surface area contributed by atoms with E-state index in [2.05, 4.69) is 32.1 Å². The van der Waals surface area contributed by atoms with Crippen LogP contribution < -0.4 is 16.2 Å². The number of benzene rings is 1. The number of nitriles is 1. The van der Waals surface area contributed by atoms with Crippen molar-refractivity contribution in [2.45, 2.75) is 16.9 Å². The van der Waals surface area contributed by atoms with Gasteiger partial charge in [0.25, 0.3) is 0 Å². The molecule has 1 aliphatic heterocycles. The van der Waals surface area contributed by atoms with Gasteiger partial charge in [-0.3, -0.25) is 10.2 Å². The molecule has 0 aromatic heterocycles. The maximum atomic E-state index is 12.1. The first-order chi connectivity index (χ1) is 9.13. The van der Waals surface area contributed by atoms with E-state index in [1.165, 1.54) is 0 Å². The zero-order valence-corrected chi connectivity index (χ0v) is 12.2. The molecule has 1 aromatic rings. The number of hydrazine groups is 1. The Kier molecular flexibility index (Phi) is 4.77. The average molecular weight is 344 g/mol. The van der Waals surface area contributed by atoms with Crippen molar-refractivity contribution in [2.24, 2.45) is 0 Å². The van der Waals surface area contributed by atoms with Crippen LogP contribution in [0.25, 0.3) is 0 Å². The molecule has 1 heterocycles. The van der Waals surface area contributed by atoms with Crippen LogP contribution in [0.1, 0.15) is 11.6 Å². The molecular formula is C12H12BrClN4O. The minimum absolute atomic E-state index is 0.0157. The maximum Gasteiger partial charge on any atom is 0.240 e. The summed E-state index contributed by atoms with van der Waals surface area (Å²) in [5.74, 6) is -0.252. The molecule has 3 atom stereocenters. The summed E-state index contributed by atoms with van der Waals surface area (Å²) < 4.78 is 0. The molecule has 0 bridgehead atoms. The van der Waals surface area contributed by atoms with E-state index in [1.807, 2.05) is 6.07 Å². The van der Waals surface area contributed by atoms with Crippen molar-refractivity contribution >= 4 is 33.4 Å². The van der Waals surface area contributed by atoms with Crippen LogP contribution in [0.3, 0.4) is 0 Å². The van der Waals surface area contributed by atoms with Crippen LogP contribution in [0.4, 0.5) is 0 Å². The van der Waals surface area contributed by atoms with Crippen LogP contribution in [0.5, 0.6) is 0 Å². The minimum Gasteiger partial charge on any atom is -0.335 e. The van der Waals surface area contributed by atoms with Gasteiger partial charge in [-0.2, -0.15) is 5.26 Å². The van der Waals surface area contributed by atoms with Crippen molar-refractivity contribution in [2.75, 3.05) is 6.54 Å². The molecule has 7 heteroatoms. The highest BCUT2D eigenvalue weighted by molar-refractivity contribution is 9.09. The quantitative estimate of drug-likeness (QED) is 0.722. The molecule has 1 aromatic carbocycles.